The number of fused-ring (bicyclic) bond motifs is 1. The number of ether oxygens (including phenoxy) is 1. The van der Waals surface area contributed by atoms with Crippen molar-refractivity contribution in [2.75, 3.05) is 30.9 Å². The zero-order valence-electron chi connectivity index (χ0n) is 17.0. The minimum absolute atomic E-state index is 0.0328. The number of methoxy groups -OCH3 is 1. The molecule has 1 aliphatic rings. The van der Waals surface area contributed by atoms with Gasteiger partial charge >= 0.3 is 0 Å². The van der Waals surface area contributed by atoms with Crippen LogP contribution in [0.2, 0.25) is 0 Å². The van der Waals surface area contributed by atoms with Gasteiger partial charge in [-0.25, -0.2) is 15.0 Å². The Morgan fingerprint density at radius 3 is 2.90 bits per heavy atom. The van der Waals surface area contributed by atoms with Crippen LogP contribution in [0.5, 0.6) is 5.75 Å². The van der Waals surface area contributed by atoms with E-state index in [2.05, 4.69) is 31.7 Å². The molecule has 0 fully saturated rings. The van der Waals surface area contributed by atoms with Crippen molar-refractivity contribution in [3.63, 3.8) is 0 Å². The highest BCUT2D eigenvalue weighted by atomic mass is 16.5. The van der Waals surface area contributed by atoms with Crippen LogP contribution in [-0.2, 0) is 5.41 Å². The summed E-state index contributed by atoms with van der Waals surface area (Å²) in [6.07, 6.45) is 3.42. The molecule has 0 saturated carbocycles. The van der Waals surface area contributed by atoms with Crippen molar-refractivity contribution in [2.24, 2.45) is 0 Å². The Morgan fingerprint density at radius 1 is 1.33 bits per heavy atom. The first-order valence-corrected chi connectivity index (χ1v) is 9.52. The van der Waals surface area contributed by atoms with Gasteiger partial charge in [0.25, 0.3) is 0 Å². The molecule has 2 aromatic heterocycles. The molecular weight excluding hydrogens is 380 g/mol. The van der Waals surface area contributed by atoms with Crippen LogP contribution in [0.3, 0.4) is 0 Å². The molecule has 0 aliphatic carbocycles. The molecule has 152 valence electrons. The predicted molar refractivity (Wildman–Crippen MR) is 114 cm³/mol. The molecular formula is C22H22N6O2. The summed E-state index contributed by atoms with van der Waals surface area (Å²) >= 11 is 0. The topological polar surface area (TPSA) is 116 Å². The second-order valence-electron chi connectivity index (χ2n) is 7.54. The number of aromatic nitrogens is 3. The smallest absolute Gasteiger partial charge is 0.227 e. The second-order valence-corrected chi connectivity index (χ2v) is 7.54. The monoisotopic (exact) mass is 402 g/mol. The molecule has 30 heavy (non-hydrogen) atoms. The third-order valence-electron chi connectivity index (χ3n) is 5.47. The molecule has 8 heteroatoms. The summed E-state index contributed by atoms with van der Waals surface area (Å²) in [6, 6.07) is 9.50. The number of aliphatic hydroxyl groups is 1. The summed E-state index contributed by atoms with van der Waals surface area (Å²) in [7, 11) is 1.56. The van der Waals surface area contributed by atoms with Crippen molar-refractivity contribution < 1.29 is 9.84 Å². The predicted octanol–water partition coefficient (Wildman–Crippen LogP) is 3.15. The minimum atomic E-state index is -0.377. The SMILES string of the molecule is COc1cc(C#N)c(C)c(Nc2nccc(-c3cnc4c(c3)C(C)(CO)CN4)n2)c1. The highest BCUT2D eigenvalue weighted by Crippen LogP contribution is 2.37. The third kappa shape index (κ3) is 3.40. The molecule has 1 aliphatic heterocycles. The Labute approximate surface area is 174 Å². The van der Waals surface area contributed by atoms with Crippen LogP contribution < -0.4 is 15.4 Å². The summed E-state index contributed by atoms with van der Waals surface area (Å²) in [5, 5.41) is 25.6. The van der Waals surface area contributed by atoms with Crippen molar-refractivity contribution in [3.8, 4) is 23.1 Å². The Balaban J connectivity index is 1.69. The van der Waals surface area contributed by atoms with E-state index in [0.29, 0.717) is 35.2 Å². The molecule has 0 spiro atoms. The van der Waals surface area contributed by atoms with Crippen LogP contribution >= 0.6 is 0 Å². The van der Waals surface area contributed by atoms with Crippen LogP contribution in [0.1, 0.15) is 23.6 Å². The maximum atomic E-state index is 9.82. The summed E-state index contributed by atoms with van der Waals surface area (Å²) in [6.45, 7) is 4.53. The van der Waals surface area contributed by atoms with E-state index >= 15 is 0 Å². The number of hydrogen-bond donors (Lipinski definition) is 3. The molecule has 4 rings (SSSR count). The summed E-state index contributed by atoms with van der Waals surface area (Å²) in [5.74, 6) is 1.77. The Kier molecular flexibility index (Phi) is 4.98. The molecule has 1 unspecified atom stereocenters. The minimum Gasteiger partial charge on any atom is -0.497 e. The van der Waals surface area contributed by atoms with E-state index in [4.69, 9.17) is 4.74 Å². The zero-order valence-corrected chi connectivity index (χ0v) is 17.0. The van der Waals surface area contributed by atoms with E-state index in [9.17, 15) is 10.4 Å². The van der Waals surface area contributed by atoms with Crippen LogP contribution in [-0.4, -0.2) is 40.3 Å². The van der Waals surface area contributed by atoms with E-state index in [0.717, 1.165) is 22.5 Å². The van der Waals surface area contributed by atoms with Crippen molar-refractivity contribution in [1.29, 1.82) is 5.26 Å². The van der Waals surface area contributed by atoms with Crippen LogP contribution in [0.15, 0.2) is 36.7 Å². The fourth-order valence-corrected chi connectivity index (χ4v) is 3.47. The van der Waals surface area contributed by atoms with E-state index in [1.165, 1.54) is 0 Å². The standard InChI is InChI=1S/C22H22N6O2/c1-13-14(9-23)6-16(30-3)8-19(13)28-21-24-5-4-18(27-21)15-7-17-20(25-10-15)26-11-22(17,2)12-29/h4-8,10,29H,11-12H2,1-3H3,(H,25,26)(H,24,27,28). The largest absolute Gasteiger partial charge is 0.497 e. The average Bonchev–Trinajstić information content (AvgIpc) is 3.12. The Morgan fingerprint density at radius 2 is 2.17 bits per heavy atom. The molecule has 0 bridgehead atoms. The van der Waals surface area contributed by atoms with Gasteiger partial charge in [0.05, 0.1) is 31.0 Å². The van der Waals surface area contributed by atoms with Gasteiger partial charge in [-0.2, -0.15) is 5.26 Å². The quantitative estimate of drug-likeness (QED) is 0.596. The van der Waals surface area contributed by atoms with Crippen molar-refractivity contribution in [1.82, 2.24) is 15.0 Å². The van der Waals surface area contributed by atoms with Gasteiger partial charge in [-0.3, -0.25) is 0 Å². The maximum absolute atomic E-state index is 9.82. The number of nitrogens with one attached hydrogen (secondary N) is 2. The van der Waals surface area contributed by atoms with Gasteiger partial charge in [0.2, 0.25) is 5.95 Å². The number of benzene rings is 1. The summed E-state index contributed by atoms with van der Waals surface area (Å²) < 4.78 is 5.29. The summed E-state index contributed by atoms with van der Waals surface area (Å²) in [5.41, 5.74) is 4.14. The average molecular weight is 402 g/mol. The number of hydrogen-bond acceptors (Lipinski definition) is 8. The number of anilines is 3. The highest BCUT2D eigenvalue weighted by molar-refractivity contribution is 5.69. The fraction of sp³-hybridized carbons (Fsp3) is 0.273. The first-order chi connectivity index (χ1) is 14.5. The number of nitriles is 1. The molecule has 3 heterocycles. The molecule has 0 saturated heterocycles. The maximum Gasteiger partial charge on any atom is 0.227 e. The zero-order chi connectivity index (χ0) is 21.3. The van der Waals surface area contributed by atoms with Crippen LogP contribution in [0.4, 0.5) is 17.5 Å². The van der Waals surface area contributed by atoms with Gasteiger partial charge in [-0.1, -0.05) is 6.92 Å². The van der Waals surface area contributed by atoms with Crippen LogP contribution in [0, 0.1) is 18.3 Å². The van der Waals surface area contributed by atoms with Gasteiger partial charge in [0, 0.05) is 47.2 Å². The lowest BCUT2D eigenvalue weighted by atomic mass is 9.85. The van der Waals surface area contributed by atoms with Crippen molar-refractivity contribution >= 4 is 17.5 Å². The number of rotatable bonds is 5. The number of pyridine rings is 1. The van der Waals surface area contributed by atoms with E-state index in [1.807, 2.05) is 32.0 Å². The van der Waals surface area contributed by atoms with E-state index < -0.39 is 0 Å². The van der Waals surface area contributed by atoms with Gasteiger partial charge in [-0.05, 0) is 30.7 Å². The number of aliphatic hydroxyl groups excluding tert-OH is 1. The van der Waals surface area contributed by atoms with Crippen molar-refractivity contribution in [2.45, 2.75) is 19.3 Å². The second kappa shape index (κ2) is 7.61. The Bertz CT molecular complexity index is 1160. The number of nitrogens with zero attached hydrogens (tertiary/aromatic N) is 4. The van der Waals surface area contributed by atoms with Gasteiger partial charge in [0.1, 0.15) is 11.6 Å². The fourth-order valence-electron chi connectivity index (χ4n) is 3.47. The van der Waals surface area contributed by atoms with Crippen LogP contribution in [0.25, 0.3) is 11.3 Å². The Hall–Kier alpha value is -3.70. The molecule has 0 amide bonds. The van der Waals surface area contributed by atoms with E-state index in [-0.39, 0.29) is 12.0 Å². The third-order valence-corrected chi connectivity index (χ3v) is 5.47. The van der Waals surface area contributed by atoms with Gasteiger partial charge < -0.3 is 20.5 Å². The lowest BCUT2D eigenvalue weighted by Crippen LogP contribution is -2.28. The lowest BCUT2D eigenvalue weighted by Gasteiger charge is -2.20. The van der Waals surface area contributed by atoms with Crippen molar-refractivity contribution in [3.05, 3.63) is 53.3 Å². The van der Waals surface area contributed by atoms with Gasteiger partial charge in [-0.15, -0.1) is 0 Å². The summed E-state index contributed by atoms with van der Waals surface area (Å²) in [4.78, 5) is 13.4. The van der Waals surface area contributed by atoms with Gasteiger partial charge in [0.15, 0.2) is 0 Å². The molecule has 0 radical (unpaired) electrons. The molecule has 8 nitrogen and oxygen atoms in total. The molecule has 3 N–H and O–H groups in total. The normalized spacial score (nSPS) is 17.0. The molecule has 1 aromatic carbocycles. The molecule has 3 aromatic rings. The first-order valence-electron chi connectivity index (χ1n) is 9.52. The van der Waals surface area contributed by atoms with E-state index in [1.54, 1.807) is 25.6 Å². The lowest BCUT2D eigenvalue weighted by molar-refractivity contribution is 0.218. The first kappa shape index (κ1) is 19.6. The highest BCUT2D eigenvalue weighted by Gasteiger charge is 2.35. The molecule has 1 atom stereocenters.